The minimum absolute atomic E-state index is 0.185. The lowest BCUT2D eigenvalue weighted by Crippen LogP contribution is -2.59. The van der Waals surface area contributed by atoms with Crippen molar-refractivity contribution in [2.24, 2.45) is 0 Å². The van der Waals surface area contributed by atoms with Crippen LogP contribution in [0.4, 0.5) is 8.78 Å². The Bertz CT molecular complexity index is 606. The van der Waals surface area contributed by atoms with E-state index in [9.17, 15) is 23.2 Å². The van der Waals surface area contributed by atoms with E-state index in [4.69, 9.17) is 5.11 Å². The number of rotatable bonds is 3. The van der Waals surface area contributed by atoms with Crippen LogP contribution in [-0.4, -0.2) is 46.9 Å². The van der Waals surface area contributed by atoms with E-state index in [0.29, 0.717) is 0 Å². The quantitative estimate of drug-likeness (QED) is 0.817. The summed E-state index contributed by atoms with van der Waals surface area (Å²) in [5, 5.41) is 11.4. The molecule has 1 fully saturated rings. The monoisotopic (exact) mass is 298 g/mol. The first-order chi connectivity index (χ1) is 9.90. The zero-order valence-corrected chi connectivity index (χ0v) is 10.8. The van der Waals surface area contributed by atoms with Crippen molar-refractivity contribution in [3.8, 4) is 0 Å². The van der Waals surface area contributed by atoms with Crippen molar-refractivity contribution in [2.75, 3.05) is 13.1 Å². The van der Waals surface area contributed by atoms with E-state index in [1.54, 1.807) is 0 Å². The number of carboxylic acid groups (broad SMARTS) is 1. The molecule has 1 aliphatic rings. The third-order valence-electron chi connectivity index (χ3n) is 3.16. The lowest BCUT2D eigenvalue weighted by atomic mass is 10.1. The molecule has 2 N–H and O–H groups in total. The summed E-state index contributed by atoms with van der Waals surface area (Å²) in [6.07, 6.45) is -0.513. The highest BCUT2D eigenvalue weighted by molar-refractivity contribution is 5.91. The van der Waals surface area contributed by atoms with Gasteiger partial charge >= 0.3 is 5.97 Å². The molecule has 0 bridgehead atoms. The van der Waals surface area contributed by atoms with Crippen molar-refractivity contribution in [2.45, 2.75) is 12.5 Å². The molecule has 1 aromatic carbocycles. The van der Waals surface area contributed by atoms with E-state index in [0.717, 1.165) is 11.0 Å². The number of nitrogens with zero attached hydrogens (tertiary/aromatic N) is 1. The van der Waals surface area contributed by atoms with E-state index < -0.39 is 48.4 Å². The van der Waals surface area contributed by atoms with Gasteiger partial charge in [0.1, 0.15) is 12.6 Å². The molecule has 112 valence electrons. The molecule has 1 unspecified atom stereocenters. The van der Waals surface area contributed by atoms with Gasteiger partial charge in [-0.1, -0.05) is 12.1 Å². The molecule has 2 rings (SSSR count). The van der Waals surface area contributed by atoms with Gasteiger partial charge in [-0.2, -0.15) is 0 Å². The largest absolute Gasteiger partial charge is 0.480 e. The molecule has 6 nitrogen and oxygen atoms in total. The van der Waals surface area contributed by atoms with Crippen molar-refractivity contribution in [1.29, 1.82) is 0 Å². The first kappa shape index (κ1) is 14.9. The summed E-state index contributed by atoms with van der Waals surface area (Å²) in [6.45, 7) is -0.641. The first-order valence-electron chi connectivity index (χ1n) is 6.12. The van der Waals surface area contributed by atoms with Crippen LogP contribution in [0.25, 0.3) is 0 Å². The van der Waals surface area contributed by atoms with E-state index in [1.807, 2.05) is 0 Å². The topological polar surface area (TPSA) is 86.7 Å². The average molecular weight is 298 g/mol. The second-order valence-corrected chi connectivity index (χ2v) is 4.57. The summed E-state index contributed by atoms with van der Waals surface area (Å²) in [7, 11) is 0. The molecule has 1 atom stereocenters. The third-order valence-corrected chi connectivity index (χ3v) is 3.16. The Morgan fingerprint density at radius 1 is 1.38 bits per heavy atom. The summed E-state index contributed by atoms with van der Waals surface area (Å²) >= 11 is 0. The molecule has 8 heteroatoms. The number of nitrogens with one attached hydrogen (secondary N) is 1. The van der Waals surface area contributed by atoms with Gasteiger partial charge in [-0.15, -0.1) is 0 Å². The lowest BCUT2D eigenvalue weighted by molar-refractivity contribution is -0.153. The summed E-state index contributed by atoms with van der Waals surface area (Å²) in [5.41, 5.74) is -0.185. The predicted octanol–water partition coefficient (Wildman–Crippen LogP) is -0.0811. The highest BCUT2D eigenvalue weighted by atomic mass is 19.2. The summed E-state index contributed by atoms with van der Waals surface area (Å²) in [6, 6.07) is 2.18. The number of carbonyl (C=O) groups is 3. The van der Waals surface area contributed by atoms with Crippen LogP contribution < -0.4 is 5.32 Å². The Morgan fingerprint density at radius 3 is 2.76 bits per heavy atom. The van der Waals surface area contributed by atoms with Crippen molar-refractivity contribution in [3.05, 3.63) is 35.4 Å². The number of benzene rings is 1. The number of aliphatic carboxylic acids is 1. The van der Waals surface area contributed by atoms with Gasteiger partial charge in [0.2, 0.25) is 11.8 Å². The molecule has 1 saturated heterocycles. The van der Waals surface area contributed by atoms with Crippen LogP contribution in [0.3, 0.4) is 0 Å². The van der Waals surface area contributed by atoms with Crippen LogP contribution in [-0.2, 0) is 20.8 Å². The van der Waals surface area contributed by atoms with Gasteiger partial charge in [0.15, 0.2) is 11.6 Å². The fourth-order valence-corrected chi connectivity index (χ4v) is 2.07. The van der Waals surface area contributed by atoms with E-state index >= 15 is 0 Å². The maximum absolute atomic E-state index is 13.5. The second kappa shape index (κ2) is 5.86. The van der Waals surface area contributed by atoms with Gasteiger partial charge in [-0.05, 0) is 6.07 Å². The van der Waals surface area contributed by atoms with E-state index in [-0.39, 0.29) is 12.1 Å². The van der Waals surface area contributed by atoms with E-state index in [1.165, 1.54) is 12.1 Å². The molecule has 1 aromatic rings. The normalized spacial score (nSPS) is 18.3. The third kappa shape index (κ3) is 3.15. The second-order valence-electron chi connectivity index (χ2n) is 4.57. The molecule has 0 spiro atoms. The molecule has 1 aliphatic heterocycles. The molecule has 2 amide bonds. The van der Waals surface area contributed by atoms with Crippen LogP contribution in [0.2, 0.25) is 0 Å². The fraction of sp³-hybridized carbons (Fsp3) is 0.308. The molecule has 0 radical (unpaired) electrons. The Morgan fingerprint density at radius 2 is 2.10 bits per heavy atom. The van der Waals surface area contributed by atoms with Gasteiger partial charge in [-0.25, -0.2) is 13.6 Å². The fourth-order valence-electron chi connectivity index (χ4n) is 2.07. The van der Waals surface area contributed by atoms with Crippen LogP contribution in [0.15, 0.2) is 18.2 Å². The Balaban J connectivity index is 2.19. The molecule has 0 aromatic heterocycles. The molecule has 1 heterocycles. The predicted molar refractivity (Wildman–Crippen MR) is 66.2 cm³/mol. The number of hydrogen-bond donors (Lipinski definition) is 2. The lowest BCUT2D eigenvalue weighted by Gasteiger charge is -2.32. The standard InChI is InChI=1S/C13H12F2N2O4/c14-8-3-1-2-7(12(8)15)4-11(19)17-6-10(18)16-5-9(17)13(20)21/h1-3,9H,4-6H2,(H,16,18)(H,20,21). The maximum atomic E-state index is 13.5. The molecular weight excluding hydrogens is 286 g/mol. The van der Waals surface area contributed by atoms with Crippen molar-refractivity contribution >= 4 is 17.8 Å². The summed E-state index contributed by atoms with van der Waals surface area (Å²) < 4.78 is 26.6. The number of halogens is 2. The SMILES string of the molecule is O=C1CN(C(=O)Cc2cccc(F)c2F)C(C(=O)O)CN1. The van der Waals surface area contributed by atoms with Crippen molar-refractivity contribution < 1.29 is 28.3 Å². The van der Waals surface area contributed by atoms with Crippen LogP contribution >= 0.6 is 0 Å². The van der Waals surface area contributed by atoms with Crippen molar-refractivity contribution in [1.82, 2.24) is 10.2 Å². The highest BCUT2D eigenvalue weighted by Crippen LogP contribution is 2.14. The number of hydrogen-bond acceptors (Lipinski definition) is 3. The molecule has 0 aliphatic carbocycles. The van der Waals surface area contributed by atoms with Gasteiger partial charge in [0.05, 0.1) is 6.42 Å². The Kier molecular flexibility index (Phi) is 4.15. The number of carbonyl (C=O) groups excluding carboxylic acids is 2. The molecular formula is C13H12F2N2O4. The van der Waals surface area contributed by atoms with Crippen molar-refractivity contribution in [3.63, 3.8) is 0 Å². The molecule has 0 saturated carbocycles. The molecule has 21 heavy (non-hydrogen) atoms. The summed E-state index contributed by atoms with van der Waals surface area (Å²) in [4.78, 5) is 35.3. The number of piperazine rings is 1. The van der Waals surface area contributed by atoms with Crippen LogP contribution in [0, 0.1) is 11.6 Å². The number of carboxylic acids is 1. The minimum atomic E-state index is -1.27. The summed E-state index contributed by atoms with van der Waals surface area (Å²) in [5.74, 6) is -4.77. The van der Waals surface area contributed by atoms with E-state index in [2.05, 4.69) is 5.32 Å². The average Bonchev–Trinajstić information content (AvgIpc) is 2.43. The number of amides is 2. The zero-order valence-electron chi connectivity index (χ0n) is 10.8. The van der Waals surface area contributed by atoms with Gasteiger partial charge in [0.25, 0.3) is 0 Å². The first-order valence-corrected chi connectivity index (χ1v) is 6.12. The highest BCUT2D eigenvalue weighted by Gasteiger charge is 2.35. The van der Waals surface area contributed by atoms with Gasteiger partial charge in [0, 0.05) is 12.1 Å². The maximum Gasteiger partial charge on any atom is 0.328 e. The zero-order chi connectivity index (χ0) is 15.6. The van der Waals surface area contributed by atoms with Gasteiger partial charge < -0.3 is 15.3 Å². The Hall–Kier alpha value is -2.51. The smallest absolute Gasteiger partial charge is 0.328 e. The van der Waals surface area contributed by atoms with Gasteiger partial charge in [-0.3, -0.25) is 9.59 Å². The van der Waals surface area contributed by atoms with Crippen LogP contribution in [0.1, 0.15) is 5.56 Å². The Labute approximate surface area is 118 Å². The minimum Gasteiger partial charge on any atom is -0.480 e. The van der Waals surface area contributed by atoms with Crippen LogP contribution in [0.5, 0.6) is 0 Å².